The van der Waals surface area contributed by atoms with E-state index in [1.54, 1.807) is 0 Å². The van der Waals surface area contributed by atoms with Crippen LogP contribution in [0.5, 0.6) is 0 Å². The van der Waals surface area contributed by atoms with E-state index >= 15 is 0 Å². The summed E-state index contributed by atoms with van der Waals surface area (Å²) in [5, 5.41) is 0. The van der Waals surface area contributed by atoms with Crippen molar-refractivity contribution < 1.29 is 26.4 Å². The number of rotatable bonds is 2. The average Bonchev–Trinajstić information content (AvgIpc) is 2.13. The molecule has 1 rings (SSSR count). The van der Waals surface area contributed by atoms with Crippen LogP contribution < -0.4 is 22.4 Å². The highest BCUT2D eigenvalue weighted by Crippen LogP contribution is 1.97. The zero-order chi connectivity index (χ0) is 7.56. The molecule has 0 radical (unpaired) electrons. The summed E-state index contributed by atoms with van der Waals surface area (Å²) in [7, 11) is 0. The summed E-state index contributed by atoms with van der Waals surface area (Å²) in [5.74, 6) is 0.981. The van der Waals surface area contributed by atoms with Gasteiger partial charge < -0.3 is 21.7 Å². The third kappa shape index (κ3) is 2.69. The van der Waals surface area contributed by atoms with E-state index in [2.05, 4.69) is 12.3 Å². The molecule has 1 unspecified atom stereocenters. The van der Waals surface area contributed by atoms with Crippen molar-refractivity contribution in [1.29, 1.82) is 0 Å². The molecule has 0 bridgehead atoms. The van der Waals surface area contributed by atoms with Crippen LogP contribution in [0.15, 0.2) is 0 Å². The molecule has 66 valence electrons. The van der Waals surface area contributed by atoms with Crippen molar-refractivity contribution in [3.05, 3.63) is 0 Å². The number of hydrazine groups is 1. The van der Waals surface area contributed by atoms with Gasteiger partial charge in [0.15, 0.2) is 6.54 Å². The van der Waals surface area contributed by atoms with E-state index in [4.69, 9.17) is 4.74 Å². The summed E-state index contributed by atoms with van der Waals surface area (Å²) in [5.41, 5.74) is 3.18. The van der Waals surface area contributed by atoms with E-state index in [0.717, 1.165) is 18.9 Å². The quantitative estimate of drug-likeness (QED) is 0.533. The van der Waals surface area contributed by atoms with Crippen LogP contribution in [0.3, 0.4) is 0 Å². The second kappa shape index (κ2) is 4.59. The lowest BCUT2D eigenvalue weighted by atomic mass is 10.5. The van der Waals surface area contributed by atoms with Crippen molar-refractivity contribution in [2.75, 3.05) is 6.54 Å². The standard InChI is InChI=1S/C7H15N2O.BrH/c1-4-5-9-7(3)10-6(2)8-9;/h6,8H,4-5H2,1-3H3;1H/q+1;/p-1. The van der Waals surface area contributed by atoms with Gasteiger partial charge in [-0.05, 0) is 6.92 Å². The van der Waals surface area contributed by atoms with E-state index in [1.165, 1.54) is 0 Å². The van der Waals surface area contributed by atoms with Crippen LogP contribution in [-0.2, 0) is 4.74 Å². The lowest BCUT2D eigenvalue weighted by molar-refractivity contribution is -0.583. The molecule has 1 heterocycles. The third-order valence-corrected chi connectivity index (χ3v) is 1.51. The number of hydrogen-bond acceptors (Lipinski definition) is 2. The maximum absolute atomic E-state index is 5.36. The van der Waals surface area contributed by atoms with Gasteiger partial charge in [-0.3, -0.25) is 0 Å². The monoisotopic (exact) mass is 222 g/mol. The summed E-state index contributed by atoms with van der Waals surface area (Å²) < 4.78 is 7.40. The molecule has 0 aromatic heterocycles. The fourth-order valence-corrected chi connectivity index (χ4v) is 1.10. The van der Waals surface area contributed by atoms with Gasteiger partial charge in [0.1, 0.15) is 0 Å². The first-order valence-electron chi connectivity index (χ1n) is 3.78. The molecule has 0 saturated heterocycles. The summed E-state index contributed by atoms with van der Waals surface area (Å²) in [6, 6.07) is 0. The SMILES string of the molecule is CCC[N+]1=C(C)OC(C)N1.[Br-]. The summed E-state index contributed by atoms with van der Waals surface area (Å²) in [6.45, 7) is 7.15. The number of nitrogens with zero attached hydrogens (tertiary/aromatic N) is 1. The van der Waals surface area contributed by atoms with Crippen molar-refractivity contribution in [3.8, 4) is 0 Å². The van der Waals surface area contributed by atoms with Gasteiger partial charge in [-0.25, -0.2) is 0 Å². The van der Waals surface area contributed by atoms with Crippen LogP contribution in [0.1, 0.15) is 27.2 Å². The molecule has 1 N–H and O–H groups in total. The van der Waals surface area contributed by atoms with Gasteiger partial charge in [0.25, 0.3) is 0 Å². The van der Waals surface area contributed by atoms with E-state index in [9.17, 15) is 0 Å². The van der Waals surface area contributed by atoms with Crippen LogP contribution in [0.4, 0.5) is 0 Å². The molecule has 0 amide bonds. The number of nitrogens with one attached hydrogen (secondary N) is 1. The molecule has 1 aliphatic rings. The van der Waals surface area contributed by atoms with Crippen LogP contribution in [0, 0.1) is 0 Å². The number of hydrazone groups is 1. The lowest BCUT2D eigenvalue weighted by Crippen LogP contribution is -3.00. The Morgan fingerprint density at radius 1 is 1.64 bits per heavy atom. The molecule has 1 atom stereocenters. The molecule has 0 aliphatic carbocycles. The fraction of sp³-hybridized carbons (Fsp3) is 0.857. The number of hydrogen-bond donors (Lipinski definition) is 1. The smallest absolute Gasteiger partial charge is 0.363 e. The molecular formula is C7H15BrN2O. The van der Waals surface area contributed by atoms with E-state index in [0.29, 0.717) is 0 Å². The van der Waals surface area contributed by atoms with Crippen LogP contribution in [0.25, 0.3) is 0 Å². The molecule has 4 heteroatoms. The third-order valence-electron chi connectivity index (χ3n) is 1.51. The Morgan fingerprint density at radius 3 is 2.64 bits per heavy atom. The Kier molecular flexibility index (Phi) is 4.49. The fourth-order valence-electron chi connectivity index (χ4n) is 1.10. The zero-order valence-corrected chi connectivity index (χ0v) is 8.81. The minimum Gasteiger partial charge on any atom is -1.00 e. The number of halogens is 1. The highest BCUT2D eigenvalue weighted by atomic mass is 79.9. The lowest BCUT2D eigenvalue weighted by Gasteiger charge is -1.96. The molecule has 0 saturated carbocycles. The van der Waals surface area contributed by atoms with Gasteiger partial charge in [-0.1, -0.05) is 11.6 Å². The van der Waals surface area contributed by atoms with Crippen molar-refractivity contribution in [1.82, 2.24) is 5.43 Å². The molecule has 11 heavy (non-hydrogen) atoms. The Bertz CT molecular complexity index is 159. The molecule has 0 aromatic carbocycles. The highest BCUT2D eigenvalue weighted by molar-refractivity contribution is 5.68. The maximum atomic E-state index is 5.36. The first-order valence-corrected chi connectivity index (χ1v) is 3.78. The first kappa shape index (κ1) is 10.8. The largest absolute Gasteiger partial charge is 1.00 e. The summed E-state index contributed by atoms with van der Waals surface area (Å²) >= 11 is 0. The molecule has 0 spiro atoms. The first-order chi connectivity index (χ1) is 4.74. The molecule has 1 aliphatic heterocycles. The van der Waals surface area contributed by atoms with E-state index < -0.39 is 0 Å². The Balaban J connectivity index is 0.000001000. The summed E-state index contributed by atoms with van der Waals surface area (Å²) in [6.07, 6.45) is 1.28. The van der Waals surface area contributed by atoms with Crippen LogP contribution in [-0.4, -0.2) is 23.4 Å². The predicted molar refractivity (Wildman–Crippen MR) is 39.8 cm³/mol. The van der Waals surface area contributed by atoms with E-state index in [-0.39, 0.29) is 23.2 Å². The minimum absolute atomic E-state index is 0. The van der Waals surface area contributed by atoms with Gasteiger partial charge in [-0.2, -0.15) is 5.43 Å². The highest BCUT2D eigenvalue weighted by Gasteiger charge is 2.24. The van der Waals surface area contributed by atoms with Crippen molar-refractivity contribution >= 4 is 5.90 Å². The minimum atomic E-state index is 0. The van der Waals surface area contributed by atoms with Gasteiger partial charge in [0.05, 0.1) is 6.92 Å². The van der Waals surface area contributed by atoms with Gasteiger partial charge >= 0.3 is 5.90 Å². The number of ether oxygens (including phenoxy) is 1. The molecule has 3 nitrogen and oxygen atoms in total. The van der Waals surface area contributed by atoms with Crippen LogP contribution >= 0.6 is 0 Å². The second-order valence-corrected chi connectivity index (χ2v) is 2.56. The average molecular weight is 223 g/mol. The van der Waals surface area contributed by atoms with Crippen molar-refractivity contribution in [3.63, 3.8) is 0 Å². The molecule has 0 aromatic rings. The zero-order valence-electron chi connectivity index (χ0n) is 7.22. The summed E-state index contributed by atoms with van der Waals surface area (Å²) in [4.78, 5) is 0. The Morgan fingerprint density at radius 2 is 2.27 bits per heavy atom. The van der Waals surface area contributed by atoms with Gasteiger partial charge in [-0.15, -0.1) is 0 Å². The normalized spacial score (nSPS) is 22.3. The predicted octanol–water partition coefficient (Wildman–Crippen LogP) is -2.29. The maximum Gasteiger partial charge on any atom is 0.363 e. The van der Waals surface area contributed by atoms with Gasteiger partial charge in [0, 0.05) is 6.42 Å². The topological polar surface area (TPSA) is 24.3 Å². The van der Waals surface area contributed by atoms with Gasteiger partial charge in [0.2, 0.25) is 6.23 Å². The second-order valence-electron chi connectivity index (χ2n) is 2.56. The van der Waals surface area contributed by atoms with E-state index in [1.807, 2.05) is 18.5 Å². The Labute approximate surface area is 78.2 Å². The van der Waals surface area contributed by atoms with Crippen molar-refractivity contribution in [2.45, 2.75) is 33.4 Å². The molecule has 0 fully saturated rings. The van der Waals surface area contributed by atoms with Crippen molar-refractivity contribution in [2.24, 2.45) is 0 Å². The van der Waals surface area contributed by atoms with Crippen LogP contribution in [0.2, 0.25) is 0 Å². The Hall–Kier alpha value is -0.250. The molecular weight excluding hydrogens is 208 g/mol.